The fraction of sp³-hybridized carbons (Fsp3) is 0.750. The lowest BCUT2D eigenvalue weighted by molar-refractivity contribution is -0.152. The summed E-state index contributed by atoms with van der Waals surface area (Å²) in [5.74, 6) is -1.33. The minimum absolute atomic E-state index is 0.116. The van der Waals surface area contributed by atoms with Gasteiger partial charge in [0, 0.05) is 11.5 Å². The van der Waals surface area contributed by atoms with E-state index in [0.29, 0.717) is 24.8 Å². The Labute approximate surface area is 159 Å². The van der Waals surface area contributed by atoms with Crippen LogP contribution in [0.5, 0.6) is 0 Å². The van der Waals surface area contributed by atoms with E-state index in [1.165, 1.54) is 19.9 Å². The van der Waals surface area contributed by atoms with Gasteiger partial charge in [0.25, 0.3) is 0 Å². The quantitative estimate of drug-likeness (QED) is 0.317. The van der Waals surface area contributed by atoms with E-state index in [4.69, 9.17) is 9.47 Å². The topological polar surface area (TPSA) is 120 Å². The SMILES string of the molecule is C=C1C[C@H]2O[C@H]2[C@@](C)(O)CC[C@H](C2=C[C@H]([C@@H](O)C(C)(C)O)OC2=O)[C@H]1CO. The molecular weight excluding hydrogens is 352 g/mol. The van der Waals surface area contributed by atoms with Gasteiger partial charge < -0.3 is 29.9 Å². The molecule has 0 amide bonds. The standard InChI is InChI=1S/C20H30O7/c1-10-7-15-17(26-15)20(4,25)6-5-11(13(10)9-21)12-8-14(27-18(12)23)16(22)19(2,3)24/h8,11,13-17,21-22,24-25H,1,5-7,9H2,2-4H3/t11-,13+,14-,15-,16-,17-,20+/m1/s1. The molecule has 27 heavy (non-hydrogen) atoms. The number of aliphatic hydroxyl groups is 4. The molecule has 0 bridgehead atoms. The van der Waals surface area contributed by atoms with E-state index in [1.807, 2.05) is 0 Å². The molecule has 3 aliphatic rings. The van der Waals surface area contributed by atoms with Crippen molar-refractivity contribution in [3.63, 3.8) is 0 Å². The number of fused-ring (bicyclic) bond motifs is 1. The zero-order valence-electron chi connectivity index (χ0n) is 16.1. The van der Waals surface area contributed by atoms with Crippen LogP contribution < -0.4 is 0 Å². The molecule has 0 radical (unpaired) electrons. The number of hydrogen-bond donors (Lipinski definition) is 4. The average Bonchev–Trinajstić information content (AvgIpc) is 3.23. The van der Waals surface area contributed by atoms with Crippen molar-refractivity contribution in [1.29, 1.82) is 0 Å². The molecule has 0 aromatic rings. The van der Waals surface area contributed by atoms with Crippen LogP contribution in [0.25, 0.3) is 0 Å². The van der Waals surface area contributed by atoms with Gasteiger partial charge in [0.2, 0.25) is 0 Å². The summed E-state index contributed by atoms with van der Waals surface area (Å²) in [6.07, 6.45) is 0.286. The Balaban J connectivity index is 1.89. The molecule has 2 aliphatic heterocycles. The maximum atomic E-state index is 12.5. The number of carbonyl (C=O) groups excluding carboxylic acids is 1. The summed E-state index contributed by atoms with van der Waals surface area (Å²) < 4.78 is 10.9. The van der Waals surface area contributed by atoms with Crippen molar-refractivity contribution in [2.45, 2.75) is 75.7 Å². The summed E-state index contributed by atoms with van der Waals surface area (Å²) in [5, 5.41) is 41.0. The molecule has 0 aromatic carbocycles. The van der Waals surface area contributed by atoms with Crippen molar-refractivity contribution < 1.29 is 34.7 Å². The maximum absolute atomic E-state index is 12.5. The molecule has 4 N–H and O–H groups in total. The fourth-order valence-electron chi connectivity index (χ4n) is 4.26. The Bertz CT molecular complexity index is 645. The highest BCUT2D eigenvalue weighted by atomic mass is 16.6. The van der Waals surface area contributed by atoms with E-state index in [9.17, 15) is 25.2 Å². The monoisotopic (exact) mass is 382 g/mol. The van der Waals surface area contributed by atoms with Crippen molar-refractivity contribution in [1.82, 2.24) is 0 Å². The molecule has 0 unspecified atom stereocenters. The van der Waals surface area contributed by atoms with Crippen molar-refractivity contribution in [2.75, 3.05) is 6.61 Å². The molecule has 7 heteroatoms. The normalized spacial score (nSPS) is 41.0. The second-order valence-corrected chi connectivity index (χ2v) is 8.84. The second kappa shape index (κ2) is 6.97. The maximum Gasteiger partial charge on any atom is 0.334 e. The lowest BCUT2D eigenvalue weighted by Crippen LogP contribution is -2.44. The van der Waals surface area contributed by atoms with Crippen LogP contribution >= 0.6 is 0 Å². The number of cyclic esters (lactones) is 1. The lowest BCUT2D eigenvalue weighted by Gasteiger charge is -2.29. The fourth-order valence-corrected chi connectivity index (χ4v) is 4.26. The minimum atomic E-state index is -1.43. The summed E-state index contributed by atoms with van der Waals surface area (Å²) in [6, 6.07) is 0. The zero-order chi connectivity index (χ0) is 20.1. The van der Waals surface area contributed by atoms with Gasteiger partial charge in [-0.25, -0.2) is 4.79 Å². The number of rotatable bonds is 4. The van der Waals surface area contributed by atoms with E-state index in [-0.39, 0.29) is 24.7 Å². The third kappa shape index (κ3) is 3.98. The first-order valence-electron chi connectivity index (χ1n) is 9.45. The van der Waals surface area contributed by atoms with Crippen molar-refractivity contribution >= 4 is 5.97 Å². The van der Waals surface area contributed by atoms with Crippen LogP contribution in [0.2, 0.25) is 0 Å². The summed E-state index contributed by atoms with van der Waals surface area (Å²) in [4.78, 5) is 12.5. The number of hydrogen-bond acceptors (Lipinski definition) is 7. The molecule has 7 nitrogen and oxygen atoms in total. The summed E-state index contributed by atoms with van der Waals surface area (Å²) in [5.41, 5.74) is -1.33. The number of epoxide rings is 1. The third-order valence-corrected chi connectivity index (χ3v) is 6.08. The minimum Gasteiger partial charge on any atom is -0.452 e. The highest BCUT2D eigenvalue weighted by molar-refractivity contribution is 5.91. The number of esters is 1. The van der Waals surface area contributed by atoms with E-state index in [2.05, 4.69) is 6.58 Å². The van der Waals surface area contributed by atoms with Crippen molar-refractivity contribution in [3.05, 3.63) is 23.8 Å². The summed E-state index contributed by atoms with van der Waals surface area (Å²) in [6.45, 7) is 8.50. The second-order valence-electron chi connectivity index (χ2n) is 8.84. The molecule has 1 aliphatic carbocycles. The Hall–Kier alpha value is -1.25. The van der Waals surface area contributed by atoms with Gasteiger partial charge in [-0.2, -0.15) is 0 Å². The Kier molecular flexibility index (Phi) is 5.29. The molecule has 1 saturated carbocycles. The van der Waals surface area contributed by atoms with Crippen LogP contribution in [0, 0.1) is 11.8 Å². The lowest BCUT2D eigenvalue weighted by atomic mass is 9.77. The molecular formula is C20H30O7. The van der Waals surface area contributed by atoms with E-state index >= 15 is 0 Å². The van der Waals surface area contributed by atoms with Gasteiger partial charge in [0.1, 0.15) is 18.3 Å². The molecule has 152 valence electrons. The predicted molar refractivity (Wildman–Crippen MR) is 96.6 cm³/mol. The molecule has 2 fully saturated rings. The summed E-state index contributed by atoms with van der Waals surface area (Å²) >= 11 is 0. The Morgan fingerprint density at radius 3 is 2.70 bits per heavy atom. The van der Waals surface area contributed by atoms with E-state index in [1.54, 1.807) is 6.92 Å². The smallest absolute Gasteiger partial charge is 0.334 e. The molecule has 0 spiro atoms. The largest absolute Gasteiger partial charge is 0.452 e. The van der Waals surface area contributed by atoms with Gasteiger partial charge in [-0.3, -0.25) is 0 Å². The third-order valence-electron chi connectivity index (χ3n) is 6.08. The van der Waals surface area contributed by atoms with Gasteiger partial charge in [0.05, 0.1) is 23.9 Å². The first kappa shape index (κ1) is 20.5. The number of carbonyl (C=O) groups is 1. The van der Waals surface area contributed by atoms with Crippen molar-refractivity contribution in [3.8, 4) is 0 Å². The number of ether oxygens (including phenoxy) is 2. The highest BCUT2D eigenvalue weighted by Crippen LogP contribution is 2.46. The molecule has 2 heterocycles. The van der Waals surface area contributed by atoms with Gasteiger partial charge in [0.15, 0.2) is 0 Å². The van der Waals surface area contributed by atoms with Gasteiger partial charge in [-0.15, -0.1) is 0 Å². The van der Waals surface area contributed by atoms with Crippen molar-refractivity contribution in [2.24, 2.45) is 11.8 Å². The van der Waals surface area contributed by atoms with Crippen LogP contribution in [0.15, 0.2) is 23.8 Å². The Morgan fingerprint density at radius 1 is 1.44 bits per heavy atom. The van der Waals surface area contributed by atoms with Gasteiger partial charge in [-0.1, -0.05) is 12.2 Å². The molecule has 3 rings (SSSR count). The predicted octanol–water partition coefficient (Wildman–Crippen LogP) is 0.453. The molecule has 0 aromatic heterocycles. The first-order valence-corrected chi connectivity index (χ1v) is 9.45. The zero-order valence-corrected chi connectivity index (χ0v) is 16.1. The van der Waals surface area contributed by atoms with Crippen LogP contribution in [0.4, 0.5) is 0 Å². The molecule has 1 saturated heterocycles. The van der Waals surface area contributed by atoms with E-state index in [0.717, 1.165) is 5.57 Å². The average molecular weight is 382 g/mol. The van der Waals surface area contributed by atoms with Crippen LogP contribution in [0.1, 0.15) is 40.0 Å². The van der Waals surface area contributed by atoms with Gasteiger partial charge >= 0.3 is 5.97 Å². The first-order chi connectivity index (χ1) is 12.5. The Morgan fingerprint density at radius 2 is 2.11 bits per heavy atom. The van der Waals surface area contributed by atoms with E-state index < -0.39 is 35.3 Å². The molecule has 7 atom stereocenters. The number of aliphatic hydroxyl groups excluding tert-OH is 2. The van der Waals surface area contributed by atoms with Gasteiger partial charge in [-0.05, 0) is 52.0 Å². The highest BCUT2D eigenvalue weighted by Gasteiger charge is 2.53. The summed E-state index contributed by atoms with van der Waals surface area (Å²) in [7, 11) is 0. The van der Waals surface area contributed by atoms with Crippen LogP contribution in [-0.2, 0) is 14.3 Å². The van der Waals surface area contributed by atoms with Crippen LogP contribution in [-0.4, -0.2) is 68.6 Å². The van der Waals surface area contributed by atoms with Crippen LogP contribution in [0.3, 0.4) is 0 Å².